The van der Waals surface area contributed by atoms with Crippen LogP contribution in [0.15, 0.2) is 222 Å². The highest BCUT2D eigenvalue weighted by Crippen LogP contribution is 2.62. The summed E-state index contributed by atoms with van der Waals surface area (Å²) in [6.45, 7) is 0. The van der Waals surface area contributed by atoms with E-state index >= 15 is 0 Å². The zero-order chi connectivity index (χ0) is 39.6. The van der Waals surface area contributed by atoms with Crippen molar-refractivity contribution in [1.82, 2.24) is 15.0 Å². The van der Waals surface area contributed by atoms with Gasteiger partial charge in [-0.1, -0.05) is 188 Å². The lowest BCUT2D eigenvalue weighted by Gasteiger charge is -2.43. The van der Waals surface area contributed by atoms with E-state index in [1.165, 1.54) is 65.1 Å². The third-order valence-corrected chi connectivity index (χ3v) is 13.5. The molecule has 0 radical (unpaired) electrons. The van der Waals surface area contributed by atoms with Crippen molar-refractivity contribution >= 4 is 22.5 Å². The standard InChI is InChI=1S/C56H35N3S/c1-2-14-38(15-3-1)51-34-52(59-55(58-51)39-26-24-36(25-27-39)41-16-12-32-57-35-41)40-28-30-46-44-19-7-6-18-43(44)45-20-8-9-21-47(45)56(50(46)33-40)48-22-10-11-23-53(48)60-54-42-17-5-4-13-37(42)29-31-49(54)56/h1-35H. The molecule has 1 unspecified atom stereocenters. The van der Waals surface area contributed by atoms with Gasteiger partial charge in [-0.15, -0.1) is 0 Å². The van der Waals surface area contributed by atoms with Crippen LogP contribution in [-0.4, -0.2) is 15.0 Å². The van der Waals surface area contributed by atoms with Gasteiger partial charge in [0.1, 0.15) is 0 Å². The summed E-state index contributed by atoms with van der Waals surface area (Å²) in [6.07, 6.45) is 3.70. The summed E-state index contributed by atoms with van der Waals surface area (Å²) in [5.41, 5.74) is 16.3. The lowest BCUT2D eigenvalue weighted by atomic mass is 9.62. The molecule has 1 atom stereocenters. The Kier molecular flexibility index (Phi) is 8.00. The predicted octanol–water partition coefficient (Wildman–Crippen LogP) is 14.2. The topological polar surface area (TPSA) is 38.7 Å². The SMILES string of the molecule is c1ccc(-c2cc(-c3ccc4c(c3)C3(c5ccccc5Sc5c3ccc3ccccc53)c3ccccc3-c3ccccc3-4)nc(-c3ccc(-c4cccnc4)cc3)n2)cc1. The first-order valence-electron chi connectivity index (χ1n) is 20.3. The quantitative estimate of drug-likeness (QED) is 0.178. The number of pyridine rings is 1. The average Bonchev–Trinajstić information content (AvgIpc) is 3.43. The molecule has 1 aliphatic carbocycles. The molecule has 2 aliphatic rings. The number of hydrogen-bond donors (Lipinski definition) is 0. The van der Waals surface area contributed by atoms with E-state index in [1.54, 1.807) is 6.20 Å². The summed E-state index contributed by atoms with van der Waals surface area (Å²) in [7, 11) is 0. The molecular weight excluding hydrogens is 747 g/mol. The molecule has 2 aromatic heterocycles. The van der Waals surface area contributed by atoms with Crippen LogP contribution in [0.4, 0.5) is 0 Å². The maximum atomic E-state index is 5.40. The van der Waals surface area contributed by atoms with E-state index in [-0.39, 0.29) is 0 Å². The van der Waals surface area contributed by atoms with Crippen molar-refractivity contribution < 1.29 is 0 Å². The van der Waals surface area contributed by atoms with E-state index < -0.39 is 5.41 Å². The van der Waals surface area contributed by atoms with E-state index in [4.69, 9.17) is 9.97 Å². The molecule has 10 aromatic rings. The summed E-state index contributed by atoms with van der Waals surface area (Å²) < 4.78 is 0. The van der Waals surface area contributed by atoms with Crippen LogP contribution >= 0.6 is 11.8 Å². The highest BCUT2D eigenvalue weighted by atomic mass is 32.2. The molecule has 0 saturated carbocycles. The van der Waals surface area contributed by atoms with Gasteiger partial charge in [-0.25, -0.2) is 9.97 Å². The van der Waals surface area contributed by atoms with Crippen molar-refractivity contribution in [3.8, 4) is 67.3 Å². The molecule has 4 heteroatoms. The van der Waals surface area contributed by atoms with Crippen molar-refractivity contribution in [2.75, 3.05) is 0 Å². The molecule has 0 bridgehead atoms. The van der Waals surface area contributed by atoms with Gasteiger partial charge in [-0.05, 0) is 90.7 Å². The molecule has 8 aromatic carbocycles. The van der Waals surface area contributed by atoms with Gasteiger partial charge in [0.2, 0.25) is 0 Å². The predicted molar refractivity (Wildman–Crippen MR) is 246 cm³/mol. The maximum absolute atomic E-state index is 5.40. The fraction of sp³-hybridized carbons (Fsp3) is 0.0179. The molecule has 1 aliphatic heterocycles. The fourth-order valence-corrected chi connectivity index (χ4v) is 10.9. The second-order valence-electron chi connectivity index (χ2n) is 15.5. The van der Waals surface area contributed by atoms with Gasteiger partial charge in [0, 0.05) is 38.9 Å². The Bertz CT molecular complexity index is 3290. The van der Waals surface area contributed by atoms with Crippen LogP contribution in [-0.2, 0) is 5.41 Å². The van der Waals surface area contributed by atoms with Crippen LogP contribution in [0.25, 0.3) is 78.1 Å². The third-order valence-electron chi connectivity index (χ3n) is 12.3. The Morgan fingerprint density at radius 1 is 0.383 bits per heavy atom. The fourth-order valence-electron chi connectivity index (χ4n) is 9.57. The first kappa shape index (κ1) is 34.6. The molecule has 3 heterocycles. The number of nitrogens with zero attached hydrogens (tertiary/aromatic N) is 3. The van der Waals surface area contributed by atoms with Gasteiger partial charge >= 0.3 is 0 Å². The molecule has 0 N–H and O–H groups in total. The smallest absolute Gasteiger partial charge is 0.160 e. The van der Waals surface area contributed by atoms with Crippen molar-refractivity contribution in [3.63, 3.8) is 0 Å². The molecule has 3 nitrogen and oxygen atoms in total. The summed E-state index contributed by atoms with van der Waals surface area (Å²) in [6, 6.07) is 72.8. The zero-order valence-electron chi connectivity index (χ0n) is 32.5. The van der Waals surface area contributed by atoms with Gasteiger partial charge < -0.3 is 0 Å². The Morgan fingerprint density at radius 2 is 1.02 bits per heavy atom. The molecular formula is C56H35N3S. The Hall–Kier alpha value is -7.40. The monoisotopic (exact) mass is 781 g/mol. The van der Waals surface area contributed by atoms with E-state index in [0.717, 1.165) is 39.2 Å². The van der Waals surface area contributed by atoms with Crippen LogP contribution in [0.5, 0.6) is 0 Å². The largest absolute Gasteiger partial charge is 0.264 e. The minimum atomic E-state index is -0.650. The van der Waals surface area contributed by atoms with Crippen molar-refractivity contribution in [3.05, 3.63) is 235 Å². The number of benzene rings is 8. The summed E-state index contributed by atoms with van der Waals surface area (Å²) in [5, 5.41) is 2.51. The Morgan fingerprint density at radius 3 is 1.82 bits per heavy atom. The second kappa shape index (κ2) is 13.9. The van der Waals surface area contributed by atoms with Crippen molar-refractivity contribution in [1.29, 1.82) is 0 Å². The van der Waals surface area contributed by atoms with Gasteiger partial charge in [0.15, 0.2) is 5.82 Å². The molecule has 0 saturated heterocycles. The zero-order valence-corrected chi connectivity index (χ0v) is 33.3. The molecule has 12 rings (SSSR count). The number of hydrogen-bond acceptors (Lipinski definition) is 4. The lowest BCUT2D eigenvalue weighted by Crippen LogP contribution is -2.34. The van der Waals surface area contributed by atoms with Crippen molar-refractivity contribution in [2.24, 2.45) is 0 Å². The van der Waals surface area contributed by atoms with Gasteiger partial charge in [-0.3, -0.25) is 4.98 Å². The number of fused-ring (bicyclic) bond motifs is 13. The van der Waals surface area contributed by atoms with Crippen LogP contribution in [0.1, 0.15) is 22.3 Å². The summed E-state index contributed by atoms with van der Waals surface area (Å²) in [4.78, 5) is 17.5. The lowest BCUT2D eigenvalue weighted by molar-refractivity contribution is 0.711. The second-order valence-corrected chi connectivity index (χ2v) is 16.6. The van der Waals surface area contributed by atoms with E-state index in [2.05, 4.69) is 193 Å². The van der Waals surface area contributed by atoms with Gasteiger partial charge in [0.25, 0.3) is 0 Å². The minimum Gasteiger partial charge on any atom is -0.264 e. The van der Waals surface area contributed by atoms with Crippen LogP contribution in [0, 0.1) is 0 Å². The Balaban J connectivity index is 1.15. The highest BCUT2D eigenvalue weighted by molar-refractivity contribution is 7.99. The number of rotatable bonds is 4. The summed E-state index contributed by atoms with van der Waals surface area (Å²) >= 11 is 1.89. The molecule has 0 amide bonds. The number of aromatic nitrogens is 3. The molecule has 1 spiro atoms. The van der Waals surface area contributed by atoms with Gasteiger partial charge in [0.05, 0.1) is 16.8 Å². The molecule has 0 fully saturated rings. The molecule has 280 valence electrons. The van der Waals surface area contributed by atoms with Gasteiger partial charge in [-0.2, -0.15) is 0 Å². The molecule has 60 heavy (non-hydrogen) atoms. The first-order valence-corrected chi connectivity index (χ1v) is 21.1. The van der Waals surface area contributed by atoms with Crippen molar-refractivity contribution in [2.45, 2.75) is 15.2 Å². The highest BCUT2D eigenvalue weighted by Gasteiger charge is 2.48. The minimum absolute atomic E-state index is 0.650. The van der Waals surface area contributed by atoms with Crippen LogP contribution in [0.3, 0.4) is 0 Å². The average molecular weight is 782 g/mol. The van der Waals surface area contributed by atoms with E-state index in [1.807, 2.05) is 30.1 Å². The third kappa shape index (κ3) is 5.35. The normalized spacial score (nSPS) is 14.7. The Labute approximate surface area is 353 Å². The van der Waals surface area contributed by atoms with Crippen LogP contribution < -0.4 is 0 Å². The van der Waals surface area contributed by atoms with E-state index in [0.29, 0.717) is 5.82 Å². The summed E-state index contributed by atoms with van der Waals surface area (Å²) in [5.74, 6) is 0.681. The van der Waals surface area contributed by atoms with E-state index in [9.17, 15) is 0 Å². The first-order chi connectivity index (χ1) is 29.7. The van der Waals surface area contributed by atoms with Crippen LogP contribution in [0.2, 0.25) is 0 Å². The maximum Gasteiger partial charge on any atom is 0.160 e.